The molecule has 4 heterocycles. The summed E-state index contributed by atoms with van der Waals surface area (Å²) in [5.74, 6) is 1.22. The molecule has 3 aromatic heterocycles. The Morgan fingerprint density at radius 3 is 2.70 bits per heavy atom. The van der Waals surface area contributed by atoms with E-state index in [1.165, 1.54) is 0 Å². The van der Waals surface area contributed by atoms with Gasteiger partial charge in [0.1, 0.15) is 22.6 Å². The number of methoxy groups -OCH3 is 1. The molecule has 33 heavy (non-hydrogen) atoms. The van der Waals surface area contributed by atoms with E-state index in [-0.39, 0.29) is 0 Å². The lowest BCUT2D eigenvalue weighted by Gasteiger charge is -2.30. The molecule has 0 saturated carbocycles. The smallest absolute Gasteiger partial charge is 0.187 e. The minimum atomic E-state index is -0.582. The summed E-state index contributed by atoms with van der Waals surface area (Å²) in [6.07, 6.45) is 6.53. The third-order valence-electron chi connectivity index (χ3n) is 6.00. The highest BCUT2D eigenvalue weighted by Gasteiger charge is 2.35. The average Bonchev–Trinajstić information content (AvgIpc) is 3.39. The lowest BCUT2D eigenvalue weighted by Crippen LogP contribution is -2.39. The zero-order chi connectivity index (χ0) is 22.7. The summed E-state index contributed by atoms with van der Waals surface area (Å²) in [6, 6.07) is 15.8. The number of piperidine rings is 1. The zero-order valence-corrected chi connectivity index (χ0v) is 18.2. The number of benzene rings is 1. The van der Waals surface area contributed by atoms with Crippen LogP contribution in [0.3, 0.4) is 0 Å². The molecule has 0 amide bonds. The molecule has 1 saturated heterocycles. The van der Waals surface area contributed by atoms with Crippen LogP contribution >= 0.6 is 0 Å². The maximum Gasteiger partial charge on any atom is 0.187 e. The summed E-state index contributed by atoms with van der Waals surface area (Å²) < 4.78 is 11.0. The molecular weight excluding hydrogens is 416 g/mol. The monoisotopic (exact) mass is 438 g/mol. The van der Waals surface area contributed by atoms with Crippen molar-refractivity contribution in [3.05, 3.63) is 66.7 Å². The van der Waals surface area contributed by atoms with Crippen molar-refractivity contribution in [2.45, 2.75) is 18.3 Å². The molecule has 4 aromatic rings. The van der Waals surface area contributed by atoms with Crippen LogP contribution in [0.15, 0.2) is 65.6 Å². The van der Waals surface area contributed by atoms with Gasteiger partial charge in [0, 0.05) is 23.4 Å². The second kappa shape index (κ2) is 8.81. The first kappa shape index (κ1) is 20.8. The van der Waals surface area contributed by atoms with Gasteiger partial charge in [0.25, 0.3) is 0 Å². The minimum absolute atomic E-state index is 0.506. The molecule has 5 rings (SSSR count). The van der Waals surface area contributed by atoms with Crippen LogP contribution in [-0.2, 0) is 5.41 Å². The summed E-state index contributed by atoms with van der Waals surface area (Å²) in [5, 5.41) is 17.4. The van der Waals surface area contributed by atoms with Crippen molar-refractivity contribution in [2.75, 3.05) is 20.2 Å². The summed E-state index contributed by atoms with van der Waals surface area (Å²) in [6.45, 7) is 1.60. The van der Waals surface area contributed by atoms with E-state index < -0.39 is 5.41 Å². The quantitative estimate of drug-likeness (QED) is 0.498. The number of pyridine rings is 1. The van der Waals surface area contributed by atoms with E-state index in [0.29, 0.717) is 28.6 Å². The van der Waals surface area contributed by atoms with Crippen LogP contribution in [-0.4, -0.2) is 40.3 Å². The van der Waals surface area contributed by atoms with Crippen molar-refractivity contribution in [3.8, 4) is 45.8 Å². The van der Waals surface area contributed by atoms with Crippen LogP contribution < -0.4 is 10.1 Å². The van der Waals surface area contributed by atoms with E-state index in [1.807, 2.05) is 42.5 Å². The SMILES string of the molecule is COc1ccccc1-c1cc(-c2cncc(-c3ccnc(C4(C#N)CCNCC4)c3)n2)on1. The van der Waals surface area contributed by atoms with E-state index in [1.54, 1.807) is 25.7 Å². The third kappa shape index (κ3) is 3.95. The maximum absolute atomic E-state index is 9.91. The molecule has 8 heteroatoms. The Labute approximate surface area is 191 Å². The topological polar surface area (TPSA) is 110 Å². The predicted molar refractivity (Wildman–Crippen MR) is 122 cm³/mol. The van der Waals surface area contributed by atoms with Crippen LogP contribution in [0.4, 0.5) is 0 Å². The van der Waals surface area contributed by atoms with Crippen molar-refractivity contribution in [1.29, 1.82) is 5.26 Å². The number of aromatic nitrogens is 4. The molecule has 1 aliphatic heterocycles. The first-order chi connectivity index (χ1) is 16.2. The second-order valence-corrected chi connectivity index (χ2v) is 7.94. The Balaban J connectivity index is 1.48. The van der Waals surface area contributed by atoms with Crippen LogP contribution in [0.25, 0.3) is 34.0 Å². The Kier molecular flexibility index (Phi) is 5.55. The Morgan fingerprint density at radius 1 is 1.06 bits per heavy atom. The molecule has 1 aromatic carbocycles. The molecule has 8 nitrogen and oxygen atoms in total. The van der Waals surface area contributed by atoms with Gasteiger partial charge in [-0.15, -0.1) is 0 Å². The van der Waals surface area contributed by atoms with Gasteiger partial charge >= 0.3 is 0 Å². The first-order valence-corrected chi connectivity index (χ1v) is 10.7. The minimum Gasteiger partial charge on any atom is -0.496 e. The lowest BCUT2D eigenvalue weighted by molar-refractivity contribution is 0.375. The largest absolute Gasteiger partial charge is 0.496 e. The van der Waals surface area contributed by atoms with Gasteiger partial charge in [0.15, 0.2) is 5.76 Å². The third-order valence-corrected chi connectivity index (χ3v) is 6.00. The fraction of sp³-hybridized carbons (Fsp3) is 0.240. The van der Waals surface area contributed by atoms with Crippen molar-refractivity contribution in [1.82, 2.24) is 25.4 Å². The van der Waals surface area contributed by atoms with Gasteiger partial charge < -0.3 is 14.6 Å². The van der Waals surface area contributed by atoms with E-state index >= 15 is 0 Å². The van der Waals surface area contributed by atoms with Gasteiger partial charge in [-0.1, -0.05) is 17.3 Å². The summed E-state index contributed by atoms with van der Waals surface area (Å²) in [4.78, 5) is 13.6. The van der Waals surface area contributed by atoms with Gasteiger partial charge in [0.2, 0.25) is 0 Å². The molecule has 1 aliphatic rings. The number of nitrogens with one attached hydrogen (secondary N) is 1. The molecule has 0 bridgehead atoms. The standard InChI is InChI=1S/C25H22N6O2/c1-32-22-5-3-2-4-18(22)19-13-23(33-31-19)21-15-28-14-20(30-21)17-6-9-29-24(12-17)25(16-26)7-10-27-11-8-25/h2-6,9,12-15,27H,7-8,10-11H2,1H3. The fourth-order valence-corrected chi connectivity index (χ4v) is 4.13. The van der Waals surface area contributed by atoms with E-state index in [0.717, 1.165) is 42.8 Å². The van der Waals surface area contributed by atoms with Crippen molar-refractivity contribution < 1.29 is 9.26 Å². The molecule has 1 fully saturated rings. The van der Waals surface area contributed by atoms with Crippen LogP contribution in [0.5, 0.6) is 5.75 Å². The normalized spacial score (nSPS) is 15.0. The molecule has 0 radical (unpaired) electrons. The van der Waals surface area contributed by atoms with E-state index in [2.05, 4.69) is 26.5 Å². The molecule has 0 unspecified atom stereocenters. The number of hydrogen-bond donors (Lipinski definition) is 1. The molecule has 0 spiro atoms. The number of hydrogen-bond acceptors (Lipinski definition) is 8. The average molecular weight is 438 g/mol. The first-order valence-electron chi connectivity index (χ1n) is 10.7. The summed E-state index contributed by atoms with van der Waals surface area (Å²) in [5.41, 5.74) is 3.77. The van der Waals surface area contributed by atoms with Gasteiger partial charge in [-0.25, -0.2) is 4.98 Å². The van der Waals surface area contributed by atoms with Gasteiger partial charge in [-0.05, 0) is 50.2 Å². The molecule has 0 aliphatic carbocycles. The molecule has 164 valence electrons. The molecular formula is C25H22N6O2. The van der Waals surface area contributed by atoms with Crippen molar-refractivity contribution >= 4 is 0 Å². The van der Waals surface area contributed by atoms with E-state index in [4.69, 9.17) is 14.2 Å². The second-order valence-electron chi connectivity index (χ2n) is 7.94. The van der Waals surface area contributed by atoms with Crippen LogP contribution in [0.2, 0.25) is 0 Å². The molecule has 0 atom stereocenters. The van der Waals surface area contributed by atoms with Gasteiger partial charge in [0.05, 0.1) is 37.0 Å². The highest BCUT2D eigenvalue weighted by Crippen LogP contribution is 2.34. The maximum atomic E-state index is 9.91. The molecule has 1 N–H and O–H groups in total. The fourth-order valence-electron chi connectivity index (χ4n) is 4.13. The number of nitrogens with zero attached hydrogens (tertiary/aromatic N) is 5. The van der Waals surface area contributed by atoms with Gasteiger partial charge in [-0.3, -0.25) is 9.97 Å². The highest BCUT2D eigenvalue weighted by atomic mass is 16.5. The van der Waals surface area contributed by atoms with Crippen molar-refractivity contribution in [2.24, 2.45) is 0 Å². The van der Waals surface area contributed by atoms with Crippen LogP contribution in [0.1, 0.15) is 18.5 Å². The predicted octanol–water partition coefficient (Wildman–Crippen LogP) is 4.01. The Hall–Kier alpha value is -4.09. The Bertz CT molecular complexity index is 1320. The number of rotatable bonds is 5. The number of ether oxygens (including phenoxy) is 1. The van der Waals surface area contributed by atoms with Crippen LogP contribution in [0, 0.1) is 11.3 Å². The Morgan fingerprint density at radius 2 is 1.88 bits per heavy atom. The van der Waals surface area contributed by atoms with E-state index in [9.17, 15) is 5.26 Å². The number of nitriles is 1. The van der Waals surface area contributed by atoms with Crippen molar-refractivity contribution in [3.63, 3.8) is 0 Å². The number of para-hydroxylation sites is 1. The lowest BCUT2D eigenvalue weighted by atomic mass is 9.77. The zero-order valence-electron chi connectivity index (χ0n) is 18.2. The summed E-state index contributed by atoms with van der Waals surface area (Å²) >= 11 is 0. The highest BCUT2D eigenvalue weighted by molar-refractivity contribution is 5.71. The van der Waals surface area contributed by atoms with Gasteiger partial charge in [-0.2, -0.15) is 5.26 Å². The summed E-state index contributed by atoms with van der Waals surface area (Å²) in [7, 11) is 1.62.